The molecule has 1 fully saturated rings. The molecule has 128 valence electrons. The van der Waals surface area contributed by atoms with E-state index >= 15 is 0 Å². The molecule has 7 nitrogen and oxygen atoms in total. The van der Waals surface area contributed by atoms with Crippen LogP contribution in [0.15, 0.2) is 9.52 Å². The molecule has 0 aliphatic heterocycles. The highest BCUT2D eigenvalue weighted by Gasteiger charge is 2.28. The normalized spacial score (nSPS) is 14.7. The molecule has 1 aliphatic rings. The number of guanidine groups is 1. The van der Waals surface area contributed by atoms with Gasteiger partial charge in [-0.15, -0.1) is 0 Å². The summed E-state index contributed by atoms with van der Waals surface area (Å²) in [6, 6.07) is 0. The fourth-order valence-electron chi connectivity index (χ4n) is 2.39. The summed E-state index contributed by atoms with van der Waals surface area (Å²) in [5.74, 6) is 2.04. The smallest absolute Gasteiger partial charge is 0.223 e. The van der Waals surface area contributed by atoms with Crippen molar-refractivity contribution in [3.63, 3.8) is 0 Å². The lowest BCUT2D eigenvalue weighted by Crippen LogP contribution is -2.41. The number of carbonyl (C=O) groups excluding carboxylic acids is 1. The lowest BCUT2D eigenvalue weighted by molar-refractivity contribution is -0.122. The molecule has 1 amide bonds. The van der Waals surface area contributed by atoms with E-state index in [4.69, 9.17) is 4.52 Å². The van der Waals surface area contributed by atoms with E-state index in [0.717, 1.165) is 42.7 Å². The number of hydrogen-bond donors (Lipinski definition) is 3. The second kappa shape index (κ2) is 8.55. The molecule has 7 heteroatoms. The fraction of sp³-hybridized carbons (Fsp3) is 0.688. The fourth-order valence-corrected chi connectivity index (χ4v) is 2.39. The van der Waals surface area contributed by atoms with Crippen molar-refractivity contribution in [3.8, 4) is 0 Å². The van der Waals surface area contributed by atoms with Crippen LogP contribution in [0.1, 0.15) is 43.7 Å². The Morgan fingerprint density at radius 2 is 1.96 bits per heavy atom. The summed E-state index contributed by atoms with van der Waals surface area (Å²) in [6.07, 6.45) is 3.73. The van der Waals surface area contributed by atoms with Gasteiger partial charge in [-0.25, -0.2) is 0 Å². The SMILES string of the molecule is CCc1noc(CC)c1CNC(=NC)NCCNC(=O)C1CC1. The molecule has 1 aliphatic carbocycles. The summed E-state index contributed by atoms with van der Waals surface area (Å²) in [7, 11) is 1.73. The average Bonchev–Trinajstić information content (AvgIpc) is 3.34. The molecule has 0 saturated heterocycles. The maximum Gasteiger partial charge on any atom is 0.223 e. The molecular formula is C16H27N5O2. The molecule has 3 N–H and O–H groups in total. The molecule has 0 bridgehead atoms. The number of nitrogens with one attached hydrogen (secondary N) is 3. The summed E-state index contributed by atoms with van der Waals surface area (Å²) >= 11 is 0. The van der Waals surface area contributed by atoms with Gasteiger partial charge in [0.1, 0.15) is 5.76 Å². The number of aromatic nitrogens is 1. The van der Waals surface area contributed by atoms with Gasteiger partial charge in [0, 0.05) is 44.6 Å². The number of aryl methyl sites for hydroxylation is 2. The highest BCUT2D eigenvalue weighted by molar-refractivity contribution is 5.81. The van der Waals surface area contributed by atoms with Gasteiger partial charge >= 0.3 is 0 Å². The first-order valence-corrected chi connectivity index (χ1v) is 8.38. The molecule has 1 saturated carbocycles. The summed E-state index contributed by atoms with van der Waals surface area (Å²) < 4.78 is 5.36. The van der Waals surface area contributed by atoms with Gasteiger partial charge < -0.3 is 20.5 Å². The minimum atomic E-state index is 0.166. The molecule has 1 aromatic heterocycles. The van der Waals surface area contributed by atoms with Crippen molar-refractivity contribution >= 4 is 11.9 Å². The topological polar surface area (TPSA) is 91.6 Å². The minimum absolute atomic E-state index is 0.166. The van der Waals surface area contributed by atoms with Crippen molar-refractivity contribution in [2.75, 3.05) is 20.1 Å². The molecule has 0 atom stereocenters. The van der Waals surface area contributed by atoms with Crippen molar-refractivity contribution in [2.45, 2.75) is 46.1 Å². The molecule has 2 rings (SSSR count). The third kappa shape index (κ3) is 4.97. The summed E-state index contributed by atoms with van der Waals surface area (Å²) in [4.78, 5) is 15.7. The zero-order chi connectivity index (χ0) is 16.7. The molecular weight excluding hydrogens is 294 g/mol. The monoisotopic (exact) mass is 321 g/mol. The van der Waals surface area contributed by atoms with Crippen molar-refractivity contribution in [2.24, 2.45) is 10.9 Å². The number of aliphatic imine (C=N–C) groups is 1. The first kappa shape index (κ1) is 17.3. The molecule has 0 spiro atoms. The molecule has 0 unspecified atom stereocenters. The highest BCUT2D eigenvalue weighted by Crippen LogP contribution is 2.28. The van der Waals surface area contributed by atoms with Crippen molar-refractivity contribution < 1.29 is 9.32 Å². The Balaban J connectivity index is 1.74. The Morgan fingerprint density at radius 1 is 1.22 bits per heavy atom. The lowest BCUT2D eigenvalue weighted by Gasteiger charge is -2.12. The second-order valence-electron chi connectivity index (χ2n) is 5.66. The third-order valence-corrected chi connectivity index (χ3v) is 3.93. The summed E-state index contributed by atoms with van der Waals surface area (Å²) in [6.45, 7) is 5.99. The number of rotatable bonds is 8. The van der Waals surface area contributed by atoms with Crippen LogP contribution in [0.25, 0.3) is 0 Å². The van der Waals surface area contributed by atoms with Crippen LogP contribution < -0.4 is 16.0 Å². The van der Waals surface area contributed by atoms with Crippen LogP contribution >= 0.6 is 0 Å². The van der Waals surface area contributed by atoms with Crippen LogP contribution in [0, 0.1) is 5.92 Å². The van der Waals surface area contributed by atoms with E-state index in [9.17, 15) is 4.79 Å². The van der Waals surface area contributed by atoms with Crippen LogP contribution in [0.3, 0.4) is 0 Å². The molecule has 23 heavy (non-hydrogen) atoms. The Morgan fingerprint density at radius 3 is 2.57 bits per heavy atom. The Kier molecular flexibility index (Phi) is 6.43. The second-order valence-corrected chi connectivity index (χ2v) is 5.66. The van der Waals surface area contributed by atoms with Gasteiger partial charge in [-0.05, 0) is 19.3 Å². The summed E-state index contributed by atoms with van der Waals surface area (Å²) in [5, 5.41) is 13.5. The van der Waals surface area contributed by atoms with E-state index in [1.165, 1.54) is 0 Å². The predicted octanol–water partition coefficient (Wildman–Crippen LogP) is 0.991. The van der Waals surface area contributed by atoms with Crippen molar-refractivity contribution in [1.82, 2.24) is 21.1 Å². The molecule has 1 heterocycles. The summed E-state index contributed by atoms with van der Waals surface area (Å²) in [5.41, 5.74) is 2.10. The average molecular weight is 321 g/mol. The van der Waals surface area contributed by atoms with E-state index in [1.54, 1.807) is 7.05 Å². The Labute approximate surface area is 137 Å². The maximum absolute atomic E-state index is 11.5. The predicted molar refractivity (Wildman–Crippen MR) is 89.2 cm³/mol. The quantitative estimate of drug-likeness (QED) is 0.377. The van der Waals surface area contributed by atoms with Gasteiger partial charge in [0.05, 0.1) is 5.69 Å². The van der Waals surface area contributed by atoms with Gasteiger partial charge in [0.15, 0.2) is 5.96 Å². The van der Waals surface area contributed by atoms with Crippen LogP contribution in [0.4, 0.5) is 0 Å². The Hall–Kier alpha value is -2.05. The standard InChI is InChI=1S/C16H27N5O2/c1-4-13-12(14(5-2)23-21-13)10-20-16(17-3)19-9-8-18-15(22)11-6-7-11/h11H,4-10H2,1-3H3,(H,18,22)(H2,17,19,20). The number of hydrogen-bond acceptors (Lipinski definition) is 4. The molecule has 0 aromatic carbocycles. The lowest BCUT2D eigenvalue weighted by atomic mass is 10.1. The van der Waals surface area contributed by atoms with E-state index in [1.807, 2.05) is 0 Å². The van der Waals surface area contributed by atoms with E-state index in [-0.39, 0.29) is 11.8 Å². The molecule has 0 radical (unpaired) electrons. The van der Waals surface area contributed by atoms with Gasteiger partial charge in [-0.2, -0.15) is 0 Å². The maximum atomic E-state index is 11.5. The number of amides is 1. The van der Waals surface area contributed by atoms with Gasteiger partial charge in [0.2, 0.25) is 5.91 Å². The van der Waals surface area contributed by atoms with Crippen LogP contribution in [-0.2, 0) is 24.2 Å². The van der Waals surface area contributed by atoms with Gasteiger partial charge in [0.25, 0.3) is 0 Å². The number of carbonyl (C=O) groups is 1. The number of nitrogens with zero attached hydrogens (tertiary/aromatic N) is 2. The van der Waals surface area contributed by atoms with E-state index in [0.29, 0.717) is 25.6 Å². The molecule has 1 aromatic rings. The largest absolute Gasteiger partial charge is 0.361 e. The minimum Gasteiger partial charge on any atom is -0.361 e. The Bertz CT molecular complexity index is 527. The zero-order valence-corrected chi connectivity index (χ0v) is 14.2. The van der Waals surface area contributed by atoms with E-state index < -0.39 is 0 Å². The van der Waals surface area contributed by atoms with Crippen molar-refractivity contribution in [1.29, 1.82) is 0 Å². The van der Waals surface area contributed by atoms with Crippen LogP contribution in [-0.4, -0.2) is 37.2 Å². The van der Waals surface area contributed by atoms with Crippen molar-refractivity contribution in [3.05, 3.63) is 17.0 Å². The highest BCUT2D eigenvalue weighted by atomic mass is 16.5. The zero-order valence-electron chi connectivity index (χ0n) is 14.2. The van der Waals surface area contributed by atoms with E-state index in [2.05, 4.69) is 39.9 Å². The van der Waals surface area contributed by atoms with Gasteiger partial charge in [-0.1, -0.05) is 19.0 Å². The van der Waals surface area contributed by atoms with Gasteiger partial charge in [-0.3, -0.25) is 9.79 Å². The first-order valence-electron chi connectivity index (χ1n) is 8.38. The van der Waals surface area contributed by atoms with Crippen LogP contribution in [0.2, 0.25) is 0 Å². The third-order valence-electron chi connectivity index (χ3n) is 3.93. The van der Waals surface area contributed by atoms with Crippen LogP contribution in [0.5, 0.6) is 0 Å². The first-order chi connectivity index (χ1) is 11.2.